The van der Waals surface area contributed by atoms with Crippen molar-refractivity contribution in [2.75, 3.05) is 5.32 Å². The number of aromatic nitrogens is 1. The molecule has 6 heteroatoms. The van der Waals surface area contributed by atoms with E-state index in [0.717, 1.165) is 11.1 Å². The van der Waals surface area contributed by atoms with Gasteiger partial charge < -0.3 is 9.84 Å². The average molecular weight is 314 g/mol. The number of benzene rings is 1. The number of amides is 1. The molecular weight excluding hydrogens is 296 g/mol. The molecule has 0 aliphatic rings. The number of hydrogen-bond donors (Lipinski definition) is 2. The van der Waals surface area contributed by atoms with Gasteiger partial charge in [0.25, 0.3) is 0 Å². The van der Waals surface area contributed by atoms with Gasteiger partial charge in [0.15, 0.2) is 0 Å². The summed E-state index contributed by atoms with van der Waals surface area (Å²) in [5, 5.41) is 11.5. The van der Waals surface area contributed by atoms with Crippen molar-refractivity contribution in [2.45, 2.75) is 26.4 Å². The number of carbonyl (C=O) groups excluding carboxylic acids is 1. The topological polar surface area (TPSA) is 88.5 Å². The zero-order valence-corrected chi connectivity index (χ0v) is 13.2. The predicted octanol–water partition coefficient (Wildman–Crippen LogP) is 3.79. The Balaban J connectivity index is 2.07. The SMILES string of the molecule is CC(C)(C)OC(=O)Nc1ccc(-c2ccc(C(=O)O)nc2)cc1. The Hall–Kier alpha value is -2.89. The van der Waals surface area contributed by atoms with Gasteiger partial charge in [0, 0.05) is 17.4 Å². The number of hydrogen-bond acceptors (Lipinski definition) is 4. The molecule has 23 heavy (non-hydrogen) atoms. The summed E-state index contributed by atoms with van der Waals surface area (Å²) in [7, 11) is 0. The van der Waals surface area contributed by atoms with E-state index in [1.165, 1.54) is 12.3 Å². The fraction of sp³-hybridized carbons (Fsp3) is 0.235. The van der Waals surface area contributed by atoms with Crippen LogP contribution >= 0.6 is 0 Å². The number of anilines is 1. The molecule has 120 valence electrons. The maximum absolute atomic E-state index is 11.7. The maximum Gasteiger partial charge on any atom is 0.412 e. The van der Waals surface area contributed by atoms with Gasteiger partial charge in [0.2, 0.25) is 0 Å². The number of pyridine rings is 1. The highest BCUT2D eigenvalue weighted by Gasteiger charge is 2.16. The number of aromatic carboxylic acids is 1. The Morgan fingerprint density at radius 3 is 2.13 bits per heavy atom. The number of rotatable bonds is 3. The van der Waals surface area contributed by atoms with E-state index in [1.54, 1.807) is 39.0 Å². The smallest absolute Gasteiger partial charge is 0.412 e. The Morgan fingerprint density at radius 1 is 1.04 bits per heavy atom. The lowest BCUT2D eigenvalue weighted by Gasteiger charge is -2.19. The molecule has 0 spiro atoms. The molecule has 6 nitrogen and oxygen atoms in total. The van der Waals surface area contributed by atoms with Gasteiger partial charge in [-0.05, 0) is 44.5 Å². The third-order valence-electron chi connectivity index (χ3n) is 2.85. The van der Waals surface area contributed by atoms with Crippen molar-refractivity contribution in [3.05, 3.63) is 48.3 Å². The van der Waals surface area contributed by atoms with Gasteiger partial charge in [-0.15, -0.1) is 0 Å². The zero-order valence-electron chi connectivity index (χ0n) is 13.2. The van der Waals surface area contributed by atoms with Crippen LogP contribution in [0.5, 0.6) is 0 Å². The summed E-state index contributed by atoms with van der Waals surface area (Å²) in [6.07, 6.45) is 0.984. The van der Waals surface area contributed by atoms with Crippen LogP contribution in [0.15, 0.2) is 42.6 Å². The fourth-order valence-electron chi connectivity index (χ4n) is 1.86. The van der Waals surface area contributed by atoms with Crippen molar-refractivity contribution in [1.29, 1.82) is 0 Å². The molecule has 2 aromatic rings. The summed E-state index contributed by atoms with van der Waals surface area (Å²) in [6.45, 7) is 5.39. The number of carboxylic acid groups (broad SMARTS) is 1. The minimum Gasteiger partial charge on any atom is -0.477 e. The van der Waals surface area contributed by atoms with Crippen LogP contribution in [-0.2, 0) is 4.74 Å². The summed E-state index contributed by atoms with van der Waals surface area (Å²) >= 11 is 0. The van der Waals surface area contributed by atoms with E-state index in [-0.39, 0.29) is 5.69 Å². The summed E-state index contributed by atoms with van der Waals surface area (Å²) in [5.41, 5.74) is 1.71. The van der Waals surface area contributed by atoms with E-state index in [4.69, 9.17) is 9.84 Å². The van der Waals surface area contributed by atoms with Crippen LogP contribution in [0.4, 0.5) is 10.5 Å². The molecule has 0 radical (unpaired) electrons. The van der Waals surface area contributed by atoms with Crippen molar-refractivity contribution in [2.24, 2.45) is 0 Å². The van der Waals surface area contributed by atoms with Crippen LogP contribution in [0.3, 0.4) is 0 Å². The van der Waals surface area contributed by atoms with Gasteiger partial charge in [0.1, 0.15) is 11.3 Å². The van der Waals surface area contributed by atoms with E-state index in [1.807, 2.05) is 12.1 Å². The first kappa shape index (κ1) is 16.5. The number of carboxylic acids is 1. The van der Waals surface area contributed by atoms with Crippen LogP contribution in [0, 0.1) is 0 Å². The monoisotopic (exact) mass is 314 g/mol. The first-order chi connectivity index (χ1) is 10.7. The Bertz CT molecular complexity index is 701. The third-order valence-corrected chi connectivity index (χ3v) is 2.85. The Labute approximate surface area is 134 Å². The summed E-state index contributed by atoms with van der Waals surface area (Å²) < 4.78 is 5.18. The van der Waals surface area contributed by atoms with Crippen LogP contribution in [-0.4, -0.2) is 27.8 Å². The van der Waals surface area contributed by atoms with Crippen LogP contribution in [0.1, 0.15) is 31.3 Å². The molecule has 2 N–H and O–H groups in total. The minimum atomic E-state index is -1.06. The predicted molar refractivity (Wildman–Crippen MR) is 86.5 cm³/mol. The zero-order chi connectivity index (χ0) is 17.0. The van der Waals surface area contributed by atoms with Gasteiger partial charge in [-0.3, -0.25) is 5.32 Å². The van der Waals surface area contributed by atoms with Crippen LogP contribution in [0.2, 0.25) is 0 Å². The van der Waals surface area contributed by atoms with Crippen LogP contribution in [0.25, 0.3) is 11.1 Å². The molecule has 0 bridgehead atoms. The summed E-state index contributed by atoms with van der Waals surface area (Å²) in [6, 6.07) is 10.2. The molecule has 0 saturated heterocycles. The van der Waals surface area contributed by atoms with Gasteiger partial charge in [-0.2, -0.15) is 0 Å². The second-order valence-electron chi connectivity index (χ2n) is 5.94. The highest BCUT2D eigenvalue weighted by molar-refractivity contribution is 5.86. The van der Waals surface area contributed by atoms with Crippen molar-refractivity contribution in [3.8, 4) is 11.1 Å². The lowest BCUT2D eigenvalue weighted by molar-refractivity contribution is 0.0634. The standard InChI is InChI=1S/C17H18N2O4/c1-17(2,3)23-16(22)19-13-7-4-11(5-8-13)12-6-9-14(15(20)21)18-10-12/h4-10H,1-3H3,(H,19,22)(H,20,21). The lowest BCUT2D eigenvalue weighted by atomic mass is 10.1. The average Bonchev–Trinajstić information content (AvgIpc) is 2.46. The molecule has 0 atom stereocenters. The normalized spacial score (nSPS) is 10.9. The number of nitrogens with one attached hydrogen (secondary N) is 1. The first-order valence-electron chi connectivity index (χ1n) is 7.04. The molecule has 0 aliphatic carbocycles. The quantitative estimate of drug-likeness (QED) is 0.899. The molecule has 0 unspecified atom stereocenters. The van der Waals surface area contributed by atoms with Crippen molar-refractivity contribution in [3.63, 3.8) is 0 Å². The van der Waals surface area contributed by atoms with Crippen molar-refractivity contribution >= 4 is 17.7 Å². The van der Waals surface area contributed by atoms with Gasteiger partial charge in [-0.25, -0.2) is 14.6 Å². The molecular formula is C17H18N2O4. The molecule has 1 amide bonds. The van der Waals surface area contributed by atoms with E-state index in [0.29, 0.717) is 5.69 Å². The minimum absolute atomic E-state index is 0.00281. The molecule has 2 rings (SSSR count). The van der Waals surface area contributed by atoms with Gasteiger partial charge in [-0.1, -0.05) is 18.2 Å². The van der Waals surface area contributed by atoms with E-state index < -0.39 is 17.7 Å². The summed E-state index contributed by atoms with van der Waals surface area (Å²) in [5.74, 6) is -1.06. The van der Waals surface area contributed by atoms with Gasteiger partial charge in [0.05, 0.1) is 0 Å². The number of ether oxygens (including phenoxy) is 1. The number of carbonyl (C=O) groups is 2. The third kappa shape index (κ3) is 4.81. The Morgan fingerprint density at radius 2 is 1.65 bits per heavy atom. The number of nitrogens with zero attached hydrogens (tertiary/aromatic N) is 1. The van der Waals surface area contributed by atoms with E-state index in [2.05, 4.69) is 10.3 Å². The fourth-order valence-corrected chi connectivity index (χ4v) is 1.86. The van der Waals surface area contributed by atoms with Gasteiger partial charge >= 0.3 is 12.1 Å². The highest BCUT2D eigenvalue weighted by atomic mass is 16.6. The molecule has 1 aromatic carbocycles. The van der Waals surface area contributed by atoms with Crippen molar-refractivity contribution in [1.82, 2.24) is 4.98 Å². The largest absolute Gasteiger partial charge is 0.477 e. The lowest BCUT2D eigenvalue weighted by Crippen LogP contribution is -2.27. The maximum atomic E-state index is 11.7. The highest BCUT2D eigenvalue weighted by Crippen LogP contribution is 2.21. The molecule has 0 fully saturated rings. The second-order valence-corrected chi connectivity index (χ2v) is 5.94. The molecule has 0 aliphatic heterocycles. The first-order valence-corrected chi connectivity index (χ1v) is 7.04. The second kappa shape index (κ2) is 6.48. The van der Waals surface area contributed by atoms with Crippen LogP contribution < -0.4 is 5.32 Å². The van der Waals surface area contributed by atoms with E-state index >= 15 is 0 Å². The molecule has 1 aromatic heterocycles. The molecule has 0 saturated carbocycles. The molecule has 1 heterocycles. The van der Waals surface area contributed by atoms with E-state index in [9.17, 15) is 9.59 Å². The Kier molecular flexibility index (Phi) is 4.64. The summed E-state index contributed by atoms with van der Waals surface area (Å²) in [4.78, 5) is 26.3. The van der Waals surface area contributed by atoms with Crippen molar-refractivity contribution < 1.29 is 19.4 Å².